The van der Waals surface area contributed by atoms with Crippen LogP contribution in [0.15, 0.2) is 59.3 Å². The van der Waals surface area contributed by atoms with Crippen LogP contribution in [0.3, 0.4) is 0 Å². The van der Waals surface area contributed by atoms with Crippen LogP contribution < -0.4 is 0 Å². The number of aromatic nitrogens is 1. The number of nitrogens with zero attached hydrogens (tertiary/aromatic N) is 1. The van der Waals surface area contributed by atoms with Gasteiger partial charge in [0.05, 0.1) is 6.20 Å². The summed E-state index contributed by atoms with van der Waals surface area (Å²) >= 11 is 0. The van der Waals surface area contributed by atoms with Gasteiger partial charge in [0, 0.05) is 12.0 Å². The number of oxazole rings is 1. The van der Waals surface area contributed by atoms with Gasteiger partial charge in [0.15, 0.2) is 0 Å². The molecule has 0 aliphatic rings. The first-order valence-electron chi connectivity index (χ1n) is 7.23. The fourth-order valence-electron chi connectivity index (χ4n) is 2.52. The molecule has 0 spiro atoms. The molecule has 1 aromatic heterocycles. The molecule has 0 N–H and O–H groups in total. The summed E-state index contributed by atoms with van der Waals surface area (Å²) in [7, 11) is 0. The van der Waals surface area contributed by atoms with Gasteiger partial charge in [0.1, 0.15) is 12.0 Å². The van der Waals surface area contributed by atoms with Crippen molar-refractivity contribution in [3.8, 4) is 22.6 Å². The summed E-state index contributed by atoms with van der Waals surface area (Å²) in [4.78, 5) is 15.4. The monoisotopic (exact) mass is 291 g/mol. The zero-order chi connectivity index (χ0) is 15.5. The highest BCUT2D eigenvalue weighted by Crippen LogP contribution is 2.29. The average molecular weight is 291 g/mol. The fourth-order valence-corrected chi connectivity index (χ4v) is 2.52. The first-order valence-corrected chi connectivity index (χ1v) is 7.23. The molecule has 0 bridgehead atoms. The third-order valence-electron chi connectivity index (χ3n) is 3.63. The minimum atomic E-state index is 0.176. The number of rotatable bonds is 4. The number of benzene rings is 2. The van der Waals surface area contributed by atoms with Crippen LogP contribution in [-0.4, -0.2) is 10.8 Å². The molecule has 0 aliphatic heterocycles. The van der Waals surface area contributed by atoms with Crippen LogP contribution >= 0.6 is 0 Å². The molecule has 3 heteroatoms. The quantitative estimate of drug-likeness (QED) is 0.713. The Bertz CT molecular complexity index is 787. The number of ketones is 1. The second-order valence-electron chi connectivity index (χ2n) is 5.44. The fraction of sp³-hybridized carbons (Fsp3) is 0.158. The summed E-state index contributed by atoms with van der Waals surface area (Å²) in [6, 6.07) is 14.3. The minimum Gasteiger partial charge on any atom is -0.445 e. The summed E-state index contributed by atoms with van der Waals surface area (Å²) in [6.45, 7) is 3.69. The van der Waals surface area contributed by atoms with E-state index in [1.807, 2.05) is 18.2 Å². The normalized spacial score (nSPS) is 10.6. The average Bonchev–Trinajstić information content (AvgIpc) is 3.02. The van der Waals surface area contributed by atoms with E-state index in [0.717, 1.165) is 22.3 Å². The molecule has 1 heterocycles. The van der Waals surface area contributed by atoms with Crippen LogP contribution in [0.1, 0.15) is 18.1 Å². The molecule has 0 aliphatic carbocycles. The number of carbonyl (C=O) groups is 1. The number of aryl methyl sites for hydroxylation is 1. The molecular formula is C19H17NO2. The molecule has 3 nitrogen and oxygen atoms in total. The van der Waals surface area contributed by atoms with Gasteiger partial charge in [-0.2, -0.15) is 0 Å². The Morgan fingerprint density at radius 3 is 2.45 bits per heavy atom. The molecular weight excluding hydrogens is 274 g/mol. The van der Waals surface area contributed by atoms with Gasteiger partial charge in [-0.25, -0.2) is 4.98 Å². The van der Waals surface area contributed by atoms with E-state index in [1.54, 1.807) is 19.4 Å². The first kappa shape index (κ1) is 14.3. The summed E-state index contributed by atoms with van der Waals surface area (Å²) in [5.41, 5.74) is 5.45. The van der Waals surface area contributed by atoms with Crippen LogP contribution in [0.5, 0.6) is 0 Å². The summed E-state index contributed by atoms with van der Waals surface area (Å²) in [6.07, 6.45) is 3.70. The number of hydrogen-bond donors (Lipinski definition) is 0. The molecule has 2 aromatic carbocycles. The molecule has 0 unspecified atom stereocenters. The first-order chi connectivity index (χ1) is 10.6. The van der Waals surface area contributed by atoms with E-state index in [0.29, 0.717) is 12.3 Å². The molecule has 0 saturated carbocycles. The Morgan fingerprint density at radius 2 is 1.82 bits per heavy atom. The number of carbonyl (C=O) groups excluding carboxylic acids is 1. The molecule has 3 aromatic rings. The van der Waals surface area contributed by atoms with E-state index in [9.17, 15) is 4.79 Å². The van der Waals surface area contributed by atoms with Crippen molar-refractivity contribution in [3.05, 3.63) is 66.1 Å². The molecule has 0 radical (unpaired) electrons. The van der Waals surface area contributed by atoms with Crippen LogP contribution in [-0.2, 0) is 11.2 Å². The van der Waals surface area contributed by atoms with Crippen molar-refractivity contribution >= 4 is 5.78 Å². The Morgan fingerprint density at radius 1 is 1.09 bits per heavy atom. The maximum absolute atomic E-state index is 11.2. The molecule has 0 fully saturated rings. The highest BCUT2D eigenvalue weighted by Gasteiger charge is 2.08. The number of hydrogen-bond acceptors (Lipinski definition) is 3. The lowest BCUT2D eigenvalue weighted by molar-refractivity contribution is -0.116. The summed E-state index contributed by atoms with van der Waals surface area (Å²) in [5, 5.41) is 0. The third kappa shape index (κ3) is 2.98. The maximum Gasteiger partial charge on any atom is 0.225 e. The van der Waals surface area contributed by atoms with Crippen molar-refractivity contribution in [2.75, 3.05) is 0 Å². The van der Waals surface area contributed by atoms with E-state index < -0.39 is 0 Å². The molecule has 3 rings (SSSR count). The van der Waals surface area contributed by atoms with E-state index in [1.165, 1.54) is 5.56 Å². The van der Waals surface area contributed by atoms with Gasteiger partial charge >= 0.3 is 0 Å². The van der Waals surface area contributed by atoms with Crippen molar-refractivity contribution < 1.29 is 9.21 Å². The molecule has 0 saturated heterocycles. The lowest BCUT2D eigenvalue weighted by atomic mass is 9.96. The smallest absolute Gasteiger partial charge is 0.225 e. The maximum atomic E-state index is 11.2. The van der Waals surface area contributed by atoms with Crippen molar-refractivity contribution in [2.45, 2.75) is 20.3 Å². The van der Waals surface area contributed by atoms with Crippen molar-refractivity contribution in [1.82, 2.24) is 4.98 Å². The SMILES string of the molecule is CC(=O)Cc1ccc(-c2cc(-c3ncco3)ccc2C)cc1. The lowest BCUT2D eigenvalue weighted by Crippen LogP contribution is -1.95. The Balaban J connectivity index is 1.97. The van der Waals surface area contributed by atoms with Crippen LogP contribution in [0, 0.1) is 6.92 Å². The largest absolute Gasteiger partial charge is 0.445 e. The van der Waals surface area contributed by atoms with Crippen LogP contribution in [0.25, 0.3) is 22.6 Å². The van der Waals surface area contributed by atoms with Gasteiger partial charge in [0.2, 0.25) is 5.89 Å². The van der Waals surface area contributed by atoms with Crippen LogP contribution in [0.2, 0.25) is 0 Å². The van der Waals surface area contributed by atoms with Gasteiger partial charge in [-0.05, 0) is 48.2 Å². The van der Waals surface area contributed by atoms with E-state index in [2.05, 4.69) is 36.2 Å². The predicted octanol–water partition coefficient (Wildman–Crippen LogP) is 4.45. The van der Waals surface area contributed by atoms with Gasteiger partial charge < -0.3 is 4.42 Å². The molecule has 0 amide bonds. The highest BCUT2D eigenvalue weighted by molar-refractivity contribution is 5.79. The minimum absolute atomic E-state index is 0.176. The predicted molar refractivity (Wildman–Crippen MR) is 86.5 cm³/mol. The lowest BCUT2D eigenvalue weighted by Gasteiger charge is -2.09. The molecule has 110 valence electrons. The second-order valence-corrected chi connectivity index (χ2v) is 5.44. The summed E-state index contributed by atoms with van der Waals surface area (Å²) in [5.74, 6) is 0.796. The van der Waals surface area contributed by atoms with Gasteiger partial charge in [-0.3, -0.25) is 4.79 Å². The molecule has 0 atom stereocenters. The number of Topliss-reactive ketones (excluding diaryl/α,β-unsaturated/α-hetero) is 1. The van der Waals surface area contributed by atoms with Crippen molar-refractivity contribution in [2.24, 2.45) is 0 Å². The van der Waals surface area contributed by atoms with Crippen molar-refractivity contribution in [3.63, 3.8) is 0 Å². The Kier molecular flexibility index (Phi) is 3.88. The summed E-state index contributed by atoms with van der Waals surface area (Å²) < 4.78 is 5.36. The zero-order valence-electron chi connectivity index (χ0n) is 12.7. The van der Waals surface area contributed by atoms with Crippen molar-refractivity contribution in [1.29, 1.82) is 0 Å². The zero-order valence-corrected chi connectivity index (χ0v) is 12.7. The highest BCUT2D eigenvalue weighted by atomic mass is 16.3. The van der Waals surface area contributed by atoms with Crippen LogP contribution in [0.4, 0.5) is 0 Å². The van der Waals surface area contributed by atoms with Gasteiger partial charge in [0.25, 0.3) is 0 Å². The van der Waals surface area contributed by atoms with E-state index >= 15 is 0 Å². The topological polar surface area (TPSA) is 43.1 Å². The van der Waals surface area contributed by atoms with Gasteiger partial charge in [-0.1, -0.05) is 30.3 Å². The Hall–Kier alpha value is -2.68. The van der Waals surface area contributed by atoms with E-state index in [4.69, 9.17) is 4.42 Å². The third-order valence-corrected chi connectivity index (χ3v) is 3.63. The second kappa shape index (κ2) is 5.98. The molecule has 22 heavy (non-hydrogen) atoms. The van der Waals surface area contributed by atoms with E-state index in [-0.39, 0.29) is 5.78 Å². The van der Waals surface area contributed by atoms with Gasteiger partial charge in [-0.15, -0.1) is 0 Å². The standard InChI is InChI=1S/C19H17NO2/c1-13-3-6-17(19-20-9-10-22-19)12-18(13)16-7-4-15(5-8-16)11-14(2)21/h3-10,12H,11H2,1-2H3. The Labute approximate surface area is 129 Å².